The molecule has 0 amide bonds. The number of ether oxygens (including phenoxy) is 1. The fraction of sp³-hybridized carbons (Fsp3) is 0.364. The second-order valence-electron chi connectivity index (χ2n) is 4.09. The molecule has 0 bridgehead atoms. The Morgan fingerprint density at radius 1 is 1.39 bits per heavy atom. The summed E-state index contributed by atoms with van der Waals surface area (Å²) >= 11 is 0. The largest absolute Gasteiger partial charge is 0.489 e. The molecule has 2 heterocycles. The van der Waals surface area contributed by atoms with Gasteiger partial charge in [0.15, 0.2) is 0 Å². The lowest BCUT2D eigenvalue weighted by Gasteiger charge is -2.15. The van der Waals surface area contributed by atoms with Crippen LogP contribution in [0.5, 0.6) is 5.75 Å². The van der Waals surface area contributed by atoms with Crippen LogP contribution in [0, 0.1) is 0 Å². The number of hydrogen-bond donors (Lipinski definition) is 3. The zero-order valence-corrected chi connectivity index (χ0v) is 10.3. The monoisotopic (exact) mass is 248 g/mol. The molecule has 0 aromatic carbocycles. The minimum atomic E-state index is -0.296. The molecule has 1 unspecified atom stereocenters. The standard InChI is InChI=1S/C11H16N6O/c1-7(2)18-9-3-8(4-13-5-9)10(16-12)11-14-6-15-17-11/h3-7,10,16H,12H2,1-2H3,(H,14,15,17). The van der Waals surface area contributed by atoms with Gasteiger partial charge in [0.25, 0.3) is 0 Å². The lowest BCUT2D eigenvalue weighted by Crippen LogP contribution is -2.29. The maximum absolute atomic E-state index is 5.59. The molecule has 2 aromatic heterocycles. The Labute approximate surface area is 105 Å². The van der Waals surface area contributed by atoms with Crippen LogP contribution in [0.3, 0.4) is 0 Å². The number of pyridine rings is 1. The van der Waals surface area contributed by atoms with Crippen molar-refractivity contribution in [3.8, 4) is 5.75 Å². The zero-order valence-electron chi connectivity index (χ0n) is 10.3. The number of aromatic nitrogens is 4. The van der Waals surface area contributed by atoms with E-state index in [-0.39, 0.29) is 12.1 Å². The maximum Gasteiger partial charge on any atom is 0.147 e. The number of nitrogens with zero attached hydrogens (tertiary/aromatic N) is 3. The van der Waals surface area contributed by atoms with E-state index in [0.717, 1.165) is 5.56 Å². The Morgan fingerprint density at radius 3 is 2.83 bits per heavy atom. The van der Waals surface area contributed by atoms with Gasteiger partial charge in [-0.2, -0.15) is 5.10 Å². The van der Waals surface area contributed by atoms with Gasteiger partial charge in [0.05, 0.1) is 12.3 Å². The van der Waals surface area contributed by atoms with E-state index in [4.69, 9.17) is 10.6 Å². The Hall–Kier alpha value is -1.99. The number of rotatable bonds is 5. The summed E-state index contributed by atoms with van der Waals surface area (Å²) in [7, 11) is 0. The first-order valence-corrected chi connectivity index (χ1v) is 5.63. The molecule has 0 saturated heterocycles. The number of H-pyrrole nitrogens is 1. The average Bonchev–Trinajstić information content (AvgIpc) is 2.83. The van der Waals surface area contributed by atoms with Crippen LogP contribution >= 0.6 is 0 Å². The van der Waals surface area contributed by atoms with Crippen LogP contribution in [0.1, 0.15) is 31.3 Å². The Morgan fingerprint density at radius 2 is 2.22 bits per heavy atom. The van der Waals surface area contributed by atoms with Gasteiger partial charge in [-0.1, -0.05) is 0 Å². The average molecular weight is 248 g/mol. The van der Waals surface area contributed by atoms with Gasteiger partial charge in [-0.25, -0.2) is 10.4 Å². The van der Waals surface area contributed by atoms with E-state index in [1.807, 2.05) is 19.9 Å². The smallest absolute Gasteiger partial charge is 0.147 e. The SMILES string of the molecule is CC(C)Oc1cncc(C(NN)c2ncn[nH]2)c1. The molecule has 0 radical (unpaired) electrons. The van der Waals surface area contributed by atoms with Crippen LogP contribution in [-0.4, -0.2) is 26.3 Å². The van der Waals surface area contributed by atoms with E-state index in [1.165, 1.54) is 6.33 Å². The number of aromatic amines is 1. The van der Waals surface area contributed by atoms with Crippen molar-refractivity contribution in [3.63, 3.8) is 0 Å². The summed E-state index contributed by atoms with van der Waals surface area (Å²) in [4.78, 5) is 8.21. The van der Waals surface area contributed by atoms with E-state index >= 15 is 0 Å². The molecule has 4 N–H and O–H groups in total. The molecule has 7 nitrogen and oxygen atoms in total. The highest BCUT2D eigenvalue weighted by Gasteiger charge is 2.16. The molecule has 0 aliphatic carbocycles. The second kappa shape index (κ2) is 5.56. The van der Waals surface area contributed by atoms with E-state index < -0.39 is 0 Å². The lowest BCUT2D eigenvalue weighted by atomic mass is 10.1. The summed E-state index contributed by atoms with van der Waals surface area (Å²) in [6, 6.07) is 1.58. The van der Waals surface area contributed by atoms with Crippen LogP contribution in [0.4, 0.5) is 0 Å². The maximum atomic E-state index is 5.59. The molecule has 0 aliphatic heterocycles. The number of nitrogens with two attached hydrogens (primary N) is 1. The molecule has 1 atom stereocenters. The number of hydrogen-bond acceptors (Lipinski definition) is 6. The minimum absolute atomic E-state index is 0.0941. The van der Waals surface area contributed by atoms with Crippen LogP contribution in [0.25, 0.3) is 0 Å². The number of nitrogens with one attached hydrogen (secondary N) is 2. The Kier molecular flexibility index (Phi) is 3.85. The summed E-state index contributed by atoms with van der Waals surface area (Å²) in [5.41, 5.74) is 3.53. The summed E-state index contributed by atoms with van der Waals surface area (Å²) in [6.45, 7) is 3.92. The first-order chi connectivity index (χ1) is 8.70. The van der Waals surface area contributed by atoms with Gasteiger partial charge in [0.2, 0.25) is 0 Å². The second-order valence-corrected chi connectivity index (χ2v) is 4.09. The van der Waals surface area contributed by atoms with Crippen LogP contribution in [0.2, 0.25) is 0 Å². The van der Waals surface area contributed by atoms with Crippen LogP contribution in [-0.2, 0) is 0 Å². The van der Waals surface area contributed by atoms with E-state index in [2.05, 4.69) is 25.6 Å². The molecule has 0 aliphatic rings. The fourth-order valence-electron chi connectivity index (χ4n) is 1.62. The van der Waals surface area contributed by atoms with Crippen molar-refractivity contribution in [2.75, 3.05) is 0 Å². The fourth-order valence-corrected chi connectivity index (χ4v) is 1.62. The van der Waals surface area contributed by atoms with Gasteiger partial charge in [0, 0.05) is 6.20 Å². The molecule has 0 saturated carbocycles. The Bertz CT molecular complexity index is 484. The summed E-state index contributed by atoms with van der Waals surface area (Å²) in [5, 5.41) is 6.58. The van der Waals surface area contributed by atoms with Gasteiger partial charge >= 0.3 is 0 Å². The number of hydrazine groups is 1. The lowest BCUT2D eigenvalue weighted by molar-refractivity contribution is 0.241. The van der Waals surface area contributed by atoms with Gasteiger partial charge in [-0.3, -0.25) is 15.9 Å². The summed E-state index contributed by atoms with van der Waals surface area (Å²) in [6.07, 6.45) is 4.90. The Balaban J connectivity index is 2.26. The molecule has 0 spiro atoms. The zero-order chi connectivity index (χ0) is 13.0. The van der Waals surface area contributed by atoms with Crippen molar-refractivity contribution in [1.29, 1.82) is 0 Å². The predicted octanol–water partition coefficient (Wildman–Crippen LogP) is 0.540. The van der Waals surface area contributed by atoms with Gasteiger partial charge < -0.3 is 4.74 Å². The molecule has 96 valence electrons. The van der Waals surface area contributed by atoms with Crippen molar-refractivity contribution in [1.82, 2.24) is 25.6 Å². The third kappa shape index (κ3) is 2.82. The quantitative estimate of drug-likeness (QED) is 0.527. The molecule has 2 aromatic rings. The molecular formula is C11H16N6O. The summed E-state index contributed by atoms with van der Waals surface area (Å²) < 4.78 is 5.59. The molecule has 7 heteroatoms. The van der Waals surface area contributed by atoms with Crippen molar-refractivity contribution in [2.45, 2.75) is 26.0 Å². The minimum Gasteiger partial charge on any atom is -0.489 e. The topological polar surface area (TPSA) is 102 Å². The van der Waals surface area contributed by atoms with Gasteiger partial charge in [-0.15, -0.1) is 0 Å². The highest BCUT2D eigenvalue weighted by Crippen LogP contribution is 2.21. The van der Waals surface area contributed by atoms with E-state index in [0.29, 0.717) is 11.6 Å². The molecule has 18 heavy (non-hydrogen) atoms. The molecule has 2 rings (SSSR count). The van der Waals surface area contributed by atoms with E-state index in [1.54, 1.807) is 12.4 Å². The molecule has 0 fully saturated rings. The normalized spacial score (nSPS) is 12.7. The van der Waals surface area contributed by atoms with Crippen molar-refractivity contribution >= 4 is 0 Å². The van der Waals surface area contributed by atoms with Crippen molar-refractivity contribution in [2.24, 2.45) is 5.84 Å². The third-order valence-electron chi connectivity index (χ3n) is 2.31. The van der Waals surface area contributed by atoms with Crippen molar-refractivity contribution in [3.05, 3.63) is 36.2 Å². The van der Waals surface area contributed by atoms with Crippen LogP contribution < -0.4 is 16.0 Å². The predicted molar refractivity (Wildman–Crippen MR) is 65.5 cm³/mol. The molecular weight excluding hydrogens is 232 g/mol. The van der Waals surface area contributed by atoms with Crippen LogP contribution in [0.15, 0.2) is 24.8 Å². The first kappa shape index (κ1) is 12.5. The highest BCUT2D eigenvalue weighted by atomic mass is 16.5. The summed E-state index contributed by atoms with van der Waals surface area (Å²) in [5.74, 6) is 6.86. The highest BCUT2D eigenvalue weighted by molar-refractivity contribution is 5.29. The van der Waals surface area contributed by atoms with Crippen molar-refractivity contribution < 1.29 is 4.74 Å². The first-order valence-electron chi connectivity index (χ1n) is 5.63. The third-order valence-corrected chi connectivity index (χ3v) is 2.31. The van der Waals surface area contributed by atoms with E-state index in [9.17, 15) is 0 Å². The van der Waals surface area contributed by atoms with Gasteiger partial charge in [0.1, 0.15) is 23.9 Å². The van der Waals surface area contributed by atoms with Gasteiger partial charge in [-0.05, 0) is 25.5 Å².